The van der Waals surface area contributed by atoms with Crippen LogP contribution in [-0.2, 0) is 30.5 Å². The zero-order valence-corrected chi connectivity index (χ0v) is 37.7. The van der Waals surface area contributed by atoms with E-state index in [-0.39, 0.29) is 69.7 Å². The van der Waals surface area contributed by atoms with Crippen LogP contribution in [0.1, 0.15) is 43.8 Å². The van der Waals surface area contributed by atoms with E-state index in [1.807, 2.05) is 11.0 Å². The predicted molar refractivity (Wildman–Crippen MR) is 239 cm³/mol. The third kappa shape index (κ3) is 14.5. The first-order valence-corrected chi connectivity index (χ1v) is 22.4. The summed E-state index contributed by atoms with van der Waals surface area (Å²) in [6, 6.07) is 7.33. The highest BCUT2D eigenvalue weighted by Gasteiger charge is 2.47. The molecule has 3 fully saturated rings. The second kappa shape index (κ2) is 23.5. The molecule has 0 saturated carbocycles. The molecule has 4 aliphatic rings. The van der Waals surface area contributed by atoms with Crippen LogP contribution in [0.4, 0.5) is 8.78 Å². The van der Waals surface area contributed by atoms with Crippen molar-refractivity contribution in [1.82, 2.24) is 49.5 Å². The smallest absolute Gasteiger partial charge is 0.317 e. The number of aliphatic carboxylic acids is 3. The van der Waals surface area contributed by atoms with E-state index < -0.39 is 61.2 Å². The molecule has 23 heteroatoms. The SMILES string of the molecule is N#C[C@@H]1CC(F)(F)CN1C(=O)CNC(=O)c1ccncc1/C=C/c1ccc2c(c1)CN(CCN1CCN(C(=O)CN3CCN(CC(=O)O)CCN(CC(=O)O)CCN(CC(=O)O)CC3)CC1)C2=O. The number of nitrogens with zero attached hydrogens (tertiary/aromatic N) is 10. The van der Waals surface area contributed by atoms with Crippen molar-refractivity contribution in [2.75, 3.05) is 131 Å². The van der Waals surface area contributed by atoms with Gasteiger partial charge in [-0.3, -0.25) is 63.0 Å². The van der Waals surface area contributed by atoms with Crippen molar-refractivity contribution in [3.05, 3.63) is 64.5 Å². The van der Waals surface area contributed by atoms with Crippen molar-refractivity contribution < 1.29 is 57.7 Å². The first-order chi connectivity index (χ1) is 32.5. The van der Waals surface area contributed by atoms with E-state index in [0.29, 0.717) is 83.1 Å². The van der Waals surface area contributed by atoms with Gasteiger partial charge in [0.05, 0.1) is 45.3 Å². The number of aromatic nitrogens is 1. The third-order valence-corrected chi connectivity index (χ3v) is 12.5. The van der Waals surface area contributed by atoms with Gasteiger partial charge in [0.25, 0.3) is 17.7 Å². The number of carbonyl (C=O) groups is 7. The van der Waals surface area contributed by atoms with Gasteiger partial charge in [0.1, 0.15) is 6.04 Å². The summed E-state index contributed by atoms with van der Waals surface area (Å²) in [6.45, 7) is 3.82. The molecule has 4 aliphatic heterocycles. The van der Waals surface area contributed by atoms with Crippen molar-refractivity contribution in [1.29, 1.82) is 5.26 Å². The van der Waals surface area contributed by atoms with Crippen LogP contribution in [0.15, 0.2) is 36.7 Å². The zero-order valence-electron chi connectivity index (χ0n) is 37.7. The quantitative estimate of drug-likeness (QED) is 0.163. The van der Waals surface area contributed by atoms with Crippen LogP contribution < -0.4 is 5.32 Å². The Labute approximate surface area is 391 Å². The second-order valence-electron chi connectivity index (χ2n) is 17.4. The van der Waals surface area contributed by atoms with Gasteiger partial charge in [-0.05, 0) is 29.3 Å². The monoisotopic (exact) mass is 949 g/mol. The number of carbonyl (C=O) groups excluding carboxylic acids is 4. The van der Waals surface area contributed by atoms with Crippen molar-refractivity contribution in [2.24, 2.45) is 0 Å². The molecule has 366 valence electrons. The molecule has 2 aromatic rings. The Morgan fingerprint density at radius 1 is 0.750 bits per heavy atom. The van der Waals surface area contributed by atoms with E-state index in [1.54, 1.807) is 54.9 Å². The average Bonchev–Trinajstić information content (AvgIpc) is 3.80. The lowest BCUT2D eigenvalue weighted by Crippen LogP contribution is -2.53. The fourth-order valence-corrected chi connectivity index (χ4v) is 8.72. The lowest BCUT2D eigenvalue weighted by Gasteiger charge is -2.37. The number of nitrogens with one attached hydrogen (secondary N) is 1. The lowest BCUT2D eigenvalue weighted by atomic mass is 10.0. The Balaban J connectivity index is 0.974. The normalized spacial score (nSPS) is 20.4. The van der Waals surface area contributed by atoms with Crippen molar-refractivity contribution in [2.45, 2.75) is 24.9 Å². The highest BCUT2D eigenvalue weighted by atomic mass is 19.3. The van der Waals surface area contributed by atoms with Gasteiger partial charge in [-0.15, -0.1) is 0 Å². The number of carboxylic acids is 3. The molecule has 4 amide bonds. The number of alkyl halides is 2. The minimum atomic E-state index is -3.18. The highest BCUT2D eigenvalue weighted by molar-refractivity contribution is 6.01. The van der Waals surface area contributed by atoms with E-state index in [9.17, 15) is 62.9 Å². The van der Waals surface area contributed by atoms with Gasteiger partial charge in [-0.1, -0.05) is 18.2 Å². The summed E-state index contributed by atoms with van der Waals surface area (Å²) in [4.78, 5) is 105. The Hall–Kier alpha value is -6.45. The average molecular weight is 950 g/mol. The number of amides is 4. The van der Waals surface area contributed by atoms with Crippen LogP contribution in [0.3, 0.4) is 0 Å². The topological polar surface area (TPSA) is 255 Å². The summed E-state index contributed by atoms with van der Waals surface area (Å²) in [5, 5.41) is 40.1. The van der Waals surface area contributed by atoms with Gasteiger partial charge in [0, 0.05) is 134 Å². The van der Waals surface area contributed by atoms with Crippen LogP contribution in [0.25, 0.3) is 12.2 Å². The summed E-state index contributed by atoms with van der Waals surface area (Å²) in [5.74, 6) is -7.89. The molecule has 68 heavy (non-hydrogen) atoms. The largest absolute Gasteiger partial charge is 0.480 e. The maximum atomic E-state index is 13.8. The minimum Gasteiger partial charge on any atom is -0.480 e. The number of benzene rings is 1. The van der Waals surface area contributed by atoms with Crippen LogP contribution in [0.2, 0.25) is 0 Å². The number of halogens is 2. The number of nitriles is 1. The molecule has 0 bridgehead atoms. The molecule has 0 unspecified atom stereocenters. The van der Waals surface area contributed by atoms with E-state index >= 15 is 0 Å². The number of carboxylic acid groups (broad SMARTS) is 3. The summed E-state index contributed by atoms with van der Waals surface area (Å²) in [5.41, 5.74) is 2.79. The Kier molecular flexibility index (Phi) is 17.6. The number of fused-ring (bicyclic) bond motifs is 1. The number of hydrogen-bond donors (Lipinski definition) is 4. The first kappa shape index (κ1) is 51.0. The van der Waals surface area contributed by atoms with Gasteiger partial charge >= 0.3 is 17.9 Å². The summed E-state index contributed by atoms with van der Waals surface area (Å²) < 4.78 is 27.7. The number of hydrogen-bond acceptors (Lipinski definition) is 14. The highest BCUT2D eigenvalue weighted by Crippen LogP contribution is 2.31. The standard InChI is InChI=1S/C45H57F2N11O10/c46-45(47)22-35(23-48)58(31-45)38(59)25-50-43(67)36-5-6-49-24-33(36)3-1-32-2-4-37-34(21-32)26-57(44(37)68)20-17-51-15-18-56(19-16-51)39(60)27-52-7-9-53(28-40(61)62)11-13-55(30-42(65)66)14-12-54(10-8-52)29-41(63)64/h1-6,21,24,35H,7-20,22,25-31H2,(H,50,67)(H,61,62)(H,63,64)(H,65,66)/b3-1+/t35-/m0/s1. The van der Waals surface area contributed by atoms with Crippen LogP contribution in [0, 0.1) is 11.3 Å². The molecule has 5 heterocycles. The first-order valence-electron chi connectivity index (χ1n) is 22.4. The molecule has 6 rings (SSSR count). The van der Waals surface area contributed by atoms with Gasteiger partial charge in [-0.25, -0.2) is 8.78 Å². The van der Waals surface area contributed by atoms with Gasteiger partial charge in [0.15, 0.2) is 0 Å². The molecule has 0 radical (unpaired) electrons. The van der Waals surface area contributed by atoms with Gasteiger partial charge in [-0.2, -0.15) is 5.26 Å². The van der Waals surface area contributed by atoms with Gasteiger partial charge < -0.3 is 35.3 Å². The zero-order chi connectivity index (χ0) is 49.0. The van der Waals surface area contributed by atoms with Crippen LogP contribution >= 0.6 is 0 Å². The predicted octanol–water partition coefficient (Wildman–Crippen LogP) is -0.683. The summed E-state index contributed by atoms with van der Waals surface area (Å²) in [7, 11) is 0. The minimum absolute atomic E-state index is 0.0588. The molecule has 0 spiro atoms. The molecular weight excluding hydrogens is 893 g/mol. The number of likely N-dealkylation sites (tertiary alicyclic amines) is 1. The van der Waals surface area contributed by atoms with Crippen molar-refractivity contribution in [3.8, 4) is 6.07 Å². The second-order valence-corrected chi connectivity index (χ2v) is 17.4. The van der Waals surface area contributed by atoms with E-state index in [1.165, 1.54) is 18.5 Å². The Morgan fingerprint density at radius 3 is 1.87 bits per heavy atom. The number of rotatable bonds is 16. The Morgan fingerprint density at radius 2 is 1.31 bits per heavy atom. The fourth-order valence-electron chi connectivity index (χ4n) is 8.72. The maximum absolute atomic E-state index is 13.8. The molecule has 0 aliphatic carbocycles. The van der Waals surface area contributed by atoms with E-state index in [0.717, 1.165) is 16.0 Å². The summed E-state index contributed by atoms with van der Waals surface area (Å²) in [6.07, 6.45) is 5.55. The Bertz CT molecular complexity index is 2240. The molecule has 1 aromatic heterocycles. The van der Waals surface area contributed by atoms with E-state index in [2.05, 4.69) is 15.2 Å². The lowest BCUT2D eigenvalue weighted by molar-refractivity contribution is -0.141. The number of pyridine rings is 1. The fraction of sp³-hybridized carbons (Fsp3) is 0.533. The third-order valence-electron chi connectivity index (χ3n) is 12.5. The van der Waals surface area contributed by atoms with Crippen molar-refractivity contribution >= 4 is 53.7 Å². The number of piperazine rings is 1. The molecule has 1 aromatic carbocycles. The molecule has 4 N–H and O–H groups in total. The summed E-state index contributed by atoms with van der Waals surface area (Å²) >= 11 is 0. The molecule has 1 atom stereocenters. The molecular formula is C45H57F2N11O10. The van der Waals surface area contributed by atoms with Crippen LogP contribution in [-0.4, -0.2) is 244 Å². The van der Waals surface area contributed by atoms with Crippen molar-refractivity contribution in [3.63, 3.8) is 0 Å². The maximum Gasteiger partial charge on any atom is 0.317 e. The van der Waals surface area contributed by atoms with Gasteiger partial charge in [0.2, 0.25) is 11.8 Å². The van der Waals surface area contributed by atoms with Crippen LogP contribution in [0.5, 0.6) is 0 Å². The van der Waals surface area contributed by atoms with E-state index in [4.69, 9.17) is 0 Å². The molecule has 3 saturated heterocycles. The molecule has 21 nitrogen and oxygen atoms in total.